The Morgan fingerprint density at radius 2 is 1.93 bits per heavy atom. The molecule has 1 saturated carbocycles. The fourth-order valence-electron chi connectivity index (χ4n) is 2.65. The van der Waals surface area contributed by atoms with Crippen LogP contribution < -0.4 is 5.73 Å². The summed E-state index contributed by atoms with van der Waals surface area (Å²) >= 11 is 0. The Morgan fingerprint density at radius 3 is 2.86 bits per heavy atom. The van der Waals surface area contributed by atoms with Crippen molar-refractivity contribution in [3.63, 3.8) is 0 Å². The minimum Gasteiger partial charge on any atom is -0.327 e. The standard InChI is InChI=1S/C13H19N/c14-13-10-6-2-4-8-11-7-3-1-5-9-12(11)13/h3,9,11-13H,2,4,6-8,10,14H2. The highest BCUT2D eigenvalue weighted by molar-refractivity contribution is 5.02. The lowest BCUT2D eigenvalue weighted by atomic mass is 9.77. The second-order valence-corrected chi connectivity index (χ2v) is 4.53. The van der Waals surface area contributed by atoms with Crippen LogP contribution in [0.1, 0.15) is 38.5 Å². The van der Waals surface area contributed by atoms with Crippen molar-refractivity contribution in [3.05, 3.63) is 23.6 Å². The zero-order valence-corrected chi connectivity index (χ0v) is 8.71. The third-order valence-electron chi connectivity index (χ3n) is 3.53. The molecule has 0 amide bonds. The van der Waals surface area contributed by atoms with E-state index in [4.69, 9.17) is 5.73 Å². The molecule has 0 aliphatic heterocycles. The molecule has 2 aliphatic rings. The first-order valence-corrected chi connectivity index (χ1v) is 5.79. The highest BCUT2D eigenvalue weighted by Gasteiger charge is 2.26. The molecular weight excluding hydrogens is 170 g/mol. The number of nitrogens with two attached hydrogens (primary N) is 1. The summed E-state index contributed by atoms with van der Waals surface area (Å²) < 4.78 is 0. The molecule has 0 spiro atoms. The van der Waals surface area contributed by atoms with Crippen LogP contribution >= 0.6 is 0 Å². The van der Waals surface area contributed by atoms with E-state index in [2.05, 4.69) is 23.6 Å². The van der Waals surface area contributed by atoms with Gasteiger partial charge in [0.25, 0.3) is 0 Å². The second kappa shape index (κ2) is 4.66. The molecule has 0 saturated heterocycles. The van der Waals surface area contributed by atoms with Crippen LogP contribution in [0.15, 0.2) is 23.6 Å². The van der Waals surface area contributed by atoms with Gasteiger partial charge in [-0.2, -0.15) is 0 Å². The summed E-state index contributed by atoms with van der Waals surface area (Å²) in [5.74, 6) is 1.29. The molecule has 0 radical (unpaired) electrons. The Kier molecular flexibility index (Phi) is 3.26. The van der Waals surface area contributed by atoms with Gasteiger partial charge in [-0.05, 0) is 37.3 Å². The van der Waals surface area contributed by atoms with Crippen molar-refractivity contribution >= 4 is 0 Å². The molecule has 1 heteroatoms. The van der Waals surface area contributed by atoms with Crippen LogP contribution in [0.25, 0.3) is 0 Å². The van der Waals surface area contributed by atoms with E-state index in [9.17, 15) is 0 Å². The molecule has 3 atom stereocenters. The van der Waals surface area contributed by atoms with Gasteiger partial charge >= 0.3 is 0 Å². The Labute approximate surface area is 86.4 Å². The van der Waals surface area contributed by atoms with E-state index < -0.39 is 0 Å². The summed E-state index contributed by atoms with van der Waals surface area (Å²) in [6, 6.07) is 0.348. The summed E-state index contributed by atoms with van der Waals surface area (Å²) in [6.07, 6.45) is 12.0. The van der Waals surface area contributed by atoms with E-state index in [0.29, 0.717) is 12.0 Å². The van der Waals surface area contributed by atoms with Crippen molar-refractivity contribution in [1.82, 2.24) is 0 Å². The molecule has 2 N–H and O–H groups in total. The summed E-state index contributed by atoms with van der Waals surface area (Å²) in [6.45, 7) is 0. The van der Waals surface area contributed by atoms with Gasteiger partial charge < -0.3 is 5.73 Å². The number of fused-ring (bicyclic) bond motifs is 1. The van der Waals surface area contributed by atoms with E-state index in [1.807, 2.05) is 0 Å². The molecule has 76 valence electrons. The van der Waals surface area contributed by atoms with Gasteiger partial charge in [0.05, 0.1) is 0 Å². The van der Waals surface area contributed by atoms with Gasteiger partial charge in [0.1, 0.15) is 0 Å². The Hall–Kier alpha value is -0.740. The van der Waals surface area contributed by atoms with Crippen molar-refractivity contribution in [2.24, 2.45) is 17.6 Å². The van der Waals surface area contributed by atoms with Crippen LogP contribution in [-0.4, -0.2) is 6.04 Å². The Bertz CT molecular complexity index is 280. The monoisotopic (exact) mass is 189 g/mol. The highest BCUT2D eigenvalue weighted by Crippen LogP contribution is 2.31. The van der Waals surface area contributed by atoms with Crippen molar-refractivity contribution in [1.29, 1.82) is 0 Å². The van der Waals surface area contributed by atoms with Crippen molar-refractivity contribution < 1.29 is 0 Å². The lowest BCUT2D eigenvalue weighted by Gasteiger charge is -2.30. The molecule has 0 aromatic carbocycles. The van der Waals surface area contributed by atoms with Crippen LogP contribution in [0, 0.1) is 11.8 Å². The molecule has 0 aromatic heterocycles. The third kappa shape index (κ3) is 2.19. The molecular formula is C13H19N. The molecule has 0 aromatic rings. The van der Waals surface area contributed by atoms with Crippen LogP contribution in [-0.2, 0) is 0 Å². The van der Waals surface area contributed by atoms with E-state index in [1.54, 1.807) is 0 Å². The van der Waals surface area contributed by atoms with Gasteiger partial charge in [-0.3, -0.25) is 0 Å². The zero-order valence-electron chi connectivity index (χ0n) is 8.71. The maximum atomic E-state index is 6.22. The smallest absolute Gasteiger partial charge is 0.0111 e. The SMILES string of the molecule is NC1CCCCCC2CC=C=C=CC12. The predicted octanol–water partition coefficient (Wildman–Crippen LogP) is 2.78. The van der Waals surface area contributed by atoms with E-state index >= 15 is 0 Å². The molecule has 0 heterocycles. The average molecular weight is 189 g/mol. The summed E-state index contributed by atoms with van der Waals surface area (Å²) in [7, 11) is 0. The lowest BCUT2D eigenvalue weighted by Crippen LogP contribution is -2.34. The fourth-order valence-corrected chi connectivity index (χ4v) is 2.65. The molecule has 14 heavy (non-hydrogen) atoms. The lowest BCUT2D eigenvalue weighted by molar-refractivity contribution is 0.278. The highest BCUT2D eigenvalue weighted by atomic mass is 14.7. The average Bonchev–Trinajstić information content (AvgIpc) is 2.39. The van der Waals surface area contributed by atoms with Crippen molar-refractivity contribution in [2.75, 3.05) is 0 Å². The molecule has 2 rings (SSSR count). The maximum absolute atomic E-state index is 6.22. The first kappa shape index (κ1) is 9.80. The molecule has 0 bridgehead atoms. The van der Waals surface area contributed by atoms with Crippen LogP contribution in [0.4, 0.5) is 0 Å². The number of allylic oxidation sites excluding steroid dienone is 1. The van der Waals surface area contributed by atoms with E-state index in [0.717, 1.165) is 12.3 Å². The number of hydrogen-bond donors (Lipinski definition) is 1. The molecule has 1 fully saturated rings. The zero-order chi connectivity index (χ0) is 9.80. The summed E-state index contributed by atoms with van der Waals surface area (Å²) in [5.41, 5.74) is 12.4. The normalized spacial score (nSPS) is 37.1. The van der Waals surface area contributed by atoms with Crippen molar-refractivity contribution in [2.45, 2.75) is 44.6 Å². The Balaban J connectivity index is 2.16. The fraction of sp³-hybridized carbons (Fsp3) is 0.692. The summed E-state index contributed by atoms with van der Waals surface area (Å²) in [5, 5.41) is 0. The van der Waals surface area contributed by atoms with Gasteiger partial charge in [-0.15, -0.1) is 0 Å². The van der Waals surface area contributed by atoms with Crippen LogP contribution in [0.5, 0.6) is 0 Å². The molecule has 1 nitrogen and oxygen atoms in total. The molecule has 2 aliphatic carbocycles. The van der Waals surface area contributed by atoms with Gasteiger partial charge in [0, 0.05) is 12.0 Å². The van der Waals surface area contributed by atoms with Crippen LogP contribution in [0.3, 0.4) is 0 Å². The van der Waals surface area contributed by atoms with E-state index in [1.165, 1.54) is 32.1 Å². The van der Waals surface area contributed by atoms with Crippen molar-refractivity contribution in [3.8, 4) is 0 Å². The van der Waals surface area contributed by atoms with Gasteiger partial charge in [-0.1, -0.05) is 30.7 Å². The van der Waals surface area contributed by atoms with Gasteiger partial charge in [0.15, 0.2) is 0 Å². The van der Waals surface area contributed by atoms with Gasteiger partial charge in [-0.25, -0.2) is 0 Å². The second-order valence-electron chi connectivity index (χ2n) is 4.53. The van der Waals surface area contributed by atoms with Gasteiger partial charge in [0.2, 0.25) is 0 Å². The minimum atomic E-state index is 0.348. The first-order valence-electron chi connectivity index (χ1n) is 5.79. The third-order valence-corrected chi connectivity index (χ3v) is 3.53. The van der Waals surface area contributed by atoms with Crippen LogP contribution in [0.2, 0.25) is 0 Å². The summed E-state index contributed by atoms with van der Waals surface area (Å²) in [4.78, 5) is 0. The Morgan fingerprint density at radius 1 is 1.07 bits per heavy atom. The number of rotatable bonds is 0. The topological polar surface area (TPSA) is 26.0 Å². The predicted molar refractivity (Wildman–Crippen MR) is 58.8 cm³/mol. The van der Waals surface area contributed by atoms with E-state index in [-0.39, 0.29) is 0 Å². The quantitative estimate of drug-likeness (QED) is 0.583. The molecule has 3 unspecified atom stereocenters. The minimum absolute atomic E-state index is 0.348. The first-order chi connectivity index (χ1) is 6.88. The number of hydrogen-bond acceptors (Lipinski definition) is 1. The maximum Gasteiger partial charge on any atom is 0.0111 e. The largest absolute Gasteiger partial charge is 0.327 e.